The van der Waals surface area contributed by atoms with E-state index in [0.29, 0.717) is 17.9 Å². The molecule has 1 aliphatic rings. The lowest BCUT2D eigenvalue weighted by molar-refractivity contribution is -0.151. The molecular weight excluding hydrogens is 536 g/mol. The molecule has 9 heteroatoms. The average Bonchev–Trinajstić information content (AvgIpc) is 3.18. The number of rotatable bonds is 13. The van der Waals surface area contributed by atoms with E-state index in [1.807, 2.05) is 33.8 Å². The van der Waals surface area contributed by atoms with Gasteiger partial charge in [0, 0.05) is 5.57 Å². The quantitative estimate of drug-likeness (QED) is 0.161. The highest BCUT2D eigenvalue weighted by Crippen LogP contribution is 2.38. The molecule has 9 nitrogen and oxygen atoms in total. The molecule has 1 heterocycles. The van der Waals surface area contributed by atoms with Crippen LogP contribution in [0, 0.1) is 5.92 Å². The first kappa shape index (κ1) is 32.0. The van der Waals surface area contributed by atoms with Gasteiger partial charge in [-0.1, -0.05) is 61.9 Å². The maximum atomic E-state index is 14.0. The molecule has 2 aromatic carbocycles. The summed E-state index contributed by atoms with van der Waals surface area (Å²) in [5.74, 6) is -3.56. The van der Waals surface area contributed by atoms with Crippen LogP contribution < -0.4 is 10.1 Å². The van der Waals surface area contributed by atoms with E-state index in [0.717, 1.165) is 10.5 Å². The van der Waals surface area contributed by atoms with Crippen molar-refractivity contribution in [2.45, 2.75) is 60.0 Å². The third-order valence-corrected chi connectivity index (χ3v) is 6.54. The van der Waals surface area contributed by atoms with Crippen LogP contribution in [-0.4, -0.2) is 53.6 Å². The number of hydrogen-bond donors (Lipinski definition) is 1. The van der Waals surface area contributed by atoms with Crippen molar-refractivity contribution in [3.8, 4) is 5.75 Å². The average molecular weight is 575 g/mol. The summed E-state index contributed by atoms with van der Waals surface area (Å²) >= 11 is 0. The van der Waals surface area contributed by atoms with Gasteiger partial charge in [-0.25, -0.2) is 4.79 Å². The molecule has 0 aliphatic carbocycles. The number of nitrogens with one attached hydrogen (secondary N) is 1. The predicted octanol–water partition coefficient (Wildman–Crippen LogP) is 4.58. The molecule has 1 aliphatic heterocycles. The topological polar surface area (TPSA) is 119 Å². The van der Waals surface area contributed by atoms with E-state index in [1.54, 1.807) is 61.5 Å². The number of benzene rings is 2. The highest BCUT2D eigenvalue weighted by molar-refractivity contribution is 6.42. The molecular formula is C33H38N2O7. The molecule has 2 atom stereocenters. The number of esters is 1. The second-order valence-corrected chi connectivity index (χ2v) is 10.7. The van der Waals surface area contributed by atoms with Gasteiger partial charge in [0.05, 0.1) is 12.2 Å². The lowest BCUT2D eigenvalue weighted by Gasteiger charge is -2.26. The van der Waals surface area contributed by atoms with Crippen molar-refractivity contribution < 1.29 is 33.4 Å². The van der Waals surface area contributed by atoms with Gasteiger partial charge in [0.2, 0.25) is 5.78 Å². The minimum absolute atomic E-state index is 0.0259. The van der Waals surface area contributed by atoms with Gasteiger partial charge in [0.15, 0.2) is 0 Å². The minimum atomic E-state index is -1.54. The second kappa shape index (κ2) is 14.4. The first-order chi connectivity index (χ1) is 20.0. The molecule has 0 bridgehead atoms. The third-order valence-electron chi connectivity index (χ3n) is 6.54. The normalized spacial score (nSPS) is 14.5. The minimum Gasteiger partial charge on any atom is -0.490 e. The summed E-state index contributed by atoms with van der Waals surface area (Å²) in [6.07, 6.45) is 2.23. The summed E-state index contributed by atoms with van der Waals surface area (Å²) in [6.45, 7) is 11.3. The van der Waals surface area contributed by atoms with Crippen molar-refractivity contribution in [3.63, 3.8) is 0 Å². The fraction of sp³-hybridized carbons (Fsp3) is 0.364. The van der Waals surface area contributed by atoms with Crippen LogP contribution in [0.15, 0.2) is 71.8 Å². The largest absolute Gasteiger partial charge is 0.490 e. The van der Waals surface area contributed by atoms with Crippen LogP contribution in [-0.2, 0) is 28.7 Å². The molecule has 3 amide bonds. The van der Waals surface area contributed by atoms with Gasteiger partial charge in [-0.15, -0.1) is 0 Å². The SMILES string of the molecule is CCOC(=O)C(C)NC(=O)C(=O)C(c1ccccc1)N1C(=O)C(CC(C)C)=C(c2ccc(OCC=C(C)C)cc2)C1=O. The highest BCUT2D eigenvalue weighted by atomic mass is 16.5. The van der Waals surface area contributed by atoms with E-state index < -0.39 is 41.6 Å². The maximum Gasteiger partial charge on any atom is 0.328 e. The van der Waals surface area contributed by atoms with Crippen LogP contribution in [0.5, 0.6) is 5.75 Å². The fourth-order valence-corrected chi connectivity index (χ4v) is 4.52. The number of ketones is 1. The van der Waals surface area contributed by atoms with E-state index in [2.05, 4.69) is 5.32 Å². The Kier molecular flexibility index (Phi) is 11.0. The summed E-state index contributed by atoms with van der Waals surface area (Å²) in [5, 5.41) is 2.34. The summed E-state index contributed by atoms with van der Waals surface area (Å²) in [7, 11) is 0. The Morgan fingerprint density at radius 2 is 1.57 bits per heavy atom. The molecule has 222 valence electrons. The zero-order chi connectivity index (χ0) is 31.0. The number of carbonyl (C=O) groups is 5. The van der Waals surface area contributed by atoms with E-state index in [-0.39, 0.29) is 35.7 Å². The lowest BCUT2D eigenvalue weighted by Crippen LogP contribution is -2.48. The van der Waals surface area contributed by atoms with Crippen molar-refractivity contribution in [2.75, 3.05) is 13.2 Å². The Labute approximate surface area is 246 Å². The number of Topliss-reactive ketones (excluding diaryl/α,β-unsaturated/α-hetero) is 1. The molecule has 2 unspecified atom stereocenters. The van der Waals surface area contributed by atoms with Gasteiger partial charge in [-0.3, -0.25) is 24.1 Å². The van der Waals surface area contributed by atoms with Crippen LogP contribution in [0.25, 0.3) is 5.57 Å². The van der Waals surface area contributed by atoms with Gasteiger partial charge in [-0.2, -0.15) is 0 Å². The van der Waals surface area contributed by atoms with Crippen molar-refractivity contribution in [3.05, 3.63) is 82.9 Å². The van der Waals surface area contributed by atoms with Gasteiger partial charge < -0.3 is 14.8 Å². The molecule has 42 heavy (non-hydrogen) atoms. The second-order valence-electron chi connectivity index (χ2n) is 10.7. The van der Waals surface area contributed by atoms with E-state index in [1.165, 1.54) is 6.92 Å². The summed E-state index contributed by atoms with van der Waals surface area (Å²) < 4.78 is 10.7. The molecule has 0 fully saturated rings. The van der Waals surface area contributed by atoms with Gasteiger partial charge in [0.25, 0.3) is 17.7 Å². The molecule has 0 radical (unpaired) electrons. The zero-order valence-corrected chi connectivity index (χ0v) is 24.9. The first-order valence-electron chi connectivity index (χ1n) is 14.0. The molecule has 0 spiro atoms. The van der Waals surface area contributed by atoms with E-state index in [9.17, 15) is 24.0 Å². The Balaban J connectivity index is 2.00. The smallest absolute Gasteiger partial charge is 0.328 e. The molecule has 3 rings (SSSR count). The Morgan fingerprint density at radius 1 is 0.929 bits per heavy atom. The zero-order valence-electron chi connectivity index (χ0n) is 24.9. The lowest BCUT2D eigenvalue weighted by atomic mass is 9.95. The number of imide groups is 1. The standard InChI is InChI=1S/C33H38N2O7/c1-7-41-33(40)22(6)34-30(37)29(36)28(24-11-9-8-10-12-24)35-31(38)26(19-21(4)5)27(32(35)39)23-13-15-25(16-14-23)42-18-17-20(2)3/h8-17,21-22,28H,7,18-19H2,1-6H3,(H,34,37). The molecule has 1 N–H and O–H groups in total. The van der Waals surface area contributed by atoms with Crippen molar-refractivity contribution >= 4 is 35.0 Å². The third kappa shape index (κ3) is 7.60. The highest BCUT2D eigenvalue weighted by Gasteiger charge is 2.47. The van der Waals surface area contributed by atoms with Gasteiger partial charge in [-0.05, 0) is 69.4 Å². The maximum absolute atomic E-state index is 14.0. The van der Waals surface area contributed by atoms with Crippen molar-refractivity contribution in [2.24, 2.45) is 5.92 Å². The number of hydrogen-bond acceptors (Lipinski definition) is 7. The molecule has 0 aromatic heterocycles. The Bertz CT molecular complexity index is 1390. The summed E-state index contributed by atoms with van der Waals surface area (Å²) in [6, 6.07) is 12.4. The summed E-state index contributed by atoms with van der Waals surface area (Å²) in [5.41, 5.74) is 2.36. The molecule has 2 aromatic rings. The number of carbonyl (C=O) groups excluding carboxylic acids is 5. The predicted molar refractivity (Wildman–Crippen MR) is 158 cm³/mol. The van der Waals surface area contributed by atoms with Crippen molar-refractivity contribution in [1.82, 2.24) is 10.2 Å². The van der Waals surface area contributed by atoms with Crippen LogP contribution in [0.2, 0.25) is 0 Å². The Hall–Kier alpha value is -4.53. The summed E-state index contributed by atoms with van der Waals surface area (Å²) in [4.78, 5) is 67.6. The van der Waals surface area contributed by atoms with Crippen LogP contribution in [0.1, 0.15) is 65.1 Å². The van der Waals surface area contributed by atoms with Crippen LogP contribution in [0.3, 0.4) is 0 Å². The number of ether oxygens (including phenoxy) is 2. The number of allylic oxidation sites excluding steroid dienone is 1. The first-order valence-corrected chi connectivity index (χ1v) is 14.0. The van der Waals surface area contributed by atoms with E-state index >= 15 is 0 Å². The Morgan fingerprint density at radius 3 is 2.14 bits per heavy atom. The van der Waals surface area contributed by atoms with Crippen molar-refractivity contribution in [1.29, 1.82) is 0 Å². The van der Waals surface area contributed by atoms with Crippen LogP contribution in [0.4, 0.5) is 0 Å². The molecule has 0 saturated carbocycles. The number of amides is 3. The van der Waals surface area contributed by atoms with Crippen LogP contribution >= 0.6 is 0 Å². The number of nitrogens with zero attached hydrogens (tertiary/aromatic N) is 1. The fourth-order valence-electron chi connectivity index (χ4n) is 4.52. The van der Waals surface area contributed by atoms with Gasteiger partial charge in [0.1, 0.15) is 24.4 Å². The molecule has 0 saturated heterocycles. The monoisotopic (exact) mass is 574 g/mol. The van der Waals surface area contributed by atoms with Gasteiger partial charge >= 0.3 is 5.97 Å². The van der Waals surface area contributed by atoms with E-state index in [4.69, 9.17) is 9.47 Å².